The molecule has 0 saturated heterocycles. The largest absolute Gasteiger partial charge is 0.506 e. The fourth-order valence-electron chi connectivity index (χ4n) is 1.55. The minimum atomic E-state index is 0.168. The fourth-order valence-corrected chi connectivity index (χ4v) is 2.55. The van der Waals surface area contributed by atoms with Crippen molar-refractivity contribution in [2.45, 2.75) is 0 Å². The van der Waals surface area contributed by atoms with Gasteiger partial charge in [-0.2, -0.15) is 0 Å². The molecule has 0 radical (unpaired) electrons. The SMILES string of the molecule is Oc1cnccc1-c1nc2ccccc2s1. The van der Waals surface area contributed by atoms with E-state index >= 15 is 0 Å². The topological polar surface area (TPSA) is 46.0 Å². The molecule has 4 heteroatoms. The predicted molar refractivity (Wildman–Crippen MR) is 64.5 cm³/mol. The highest BCUT2D eigenvalue weighted by molar-refractivity contribution is 7.21. The van der Waals surface area contributed by atoms with Crippen LogP contribution < -0.4 is 0 Å². The van der Waals surface area contributed by atoms with Crippen molar-refractivity contribution >= 4 is 21.6 Å². The van der Waals surface area contributed by atoms with Crippen molar-refractivity contribution in [3.8, 4) is 16.3 Å². The van der Waals surface area contributed by atoms with Gasteiger partial charge in [-0.05, 0) is 18.2 Å². The van der Waals surface area contributed by atoms with Gasteiger partial charge in [0.1, 0.15) is 10.8 Å². The Balaban J connectivity index is 2.23. The lowest BCUT2D eigenvalue weighted by Crippen LogP contribution is -1.78. The van der Waals surface area contributed by atoms with E-state index in [9.17, 15) is 5.11 Å². The summed E-state index contributed by atoms with van der Waals surface area (Å²) in [6.45, 7) is 0. The van der Waals surface area contributed by atoms with Gasteiger partial charge in [-0.3, -0.25) is 4.98 Å². The van der Waals surface area contributed by atoms with Gasteiger partial charge < -0.3 is 5.11 Å². The molecule has 0 unspecified atom stereocenters. The Morgan fingerprint density at radius 2 is 2.00 bits per heavy atom. The van der Waals surface area contributed by atoms with Gasteiger partial charge in [0.05, 0.1) is 22.0 Å². The molecule has 16 heavy (non-hydrogen) atoms. The minimum Gasteiger partial charge on any atom is -0.506 e. The van der Waals surface area contributed by atoms with Crippen molar-refractivity contribution < 1.29 is 5.11 Å². The average Bonchev–Trinajstić information content (AvgIpc) is 2.73. The molecule has 0 aliphatic carbocycles. The van der Waals surface area contributed by atoms with Crippen LogP contribution in [0.5, 0.6) is 5.75 Å². The zero-order chi connectivity index (χ0) is 11.0. The van der Waals surface area contributed by atoms with Crippen LogP contribution in [0, 0.1) is 0 Å². The van der Waals surface area contributed by atoms with Crippen LogP contribution in [0.15, 0.2) is 42.7 Å². The molecule has 0 bridgehead atoms. The number of aromatic hydroxyl groups is 1. The van der Waals surface area contributed by atoms with Crippen LogP contribution in [0.4, 0.5) is 0 Å². The minimum absolute atomic E-state index is 0.168. The first kappa shape index (κ1) is 9.30. The second-order valence-electron chi connectivity index (χ2n) is 3.38. The number of nitrogens with zero attached hydrogens (tertiary/aromatic N) is 2. The maximum absolute atomic E-state index is 9.69. The van der Waals surface area contributed by atoms with Crippen LogP contribution in [-0.4, -0.2) is 15.1 Å². The predicted octanol–water partition coefficient (Wildman–Crippen LogP) is 3.06. The van der Waals surface area contributed by atoms with Gasteiger partial charge in [-0.25, -0.2) is 4.98 Å². The number of aromatic nitrogens is 2. The second kappa shape index (κ2) is 3.57. The van der Waals surface area contributed by atoms with Gasteiger partial charge in [0, 0.05) is 6.20 Å². The van der Waals surface area contributed by atoms with Gasteiger partial charge in [0.15, 0.2) is 0 Å². The highest BCUT2D eigenvalue weighted by atomic mass is 32.1. The summed E-state index contributed by atoms with van der Waals surface area (Å²) in [5.41, 5.74) is 1.69. The molecular formula is C12H8N2OS. The molecule has 1 N–H and O–H groups in total. The summed E-state index contributed by atoms with van der Waals surface area (Å²) in [6, 6.07) is 9.70. The lowest BCUT2D eigenvalue weighted by Gasteiger charge is -1.97. The Hall–Kier alpha value is -1.94. The number of benzene rings is 1. The molecule has 0 aliphatic heterocycles. The Labute approximate surface area is 96.0 Å². The maximum atomic E-state index is 9.69. The Morgan fingerprint density at radius 1 is 1.12 bits per heavy atom. The van der Waals surface area contributed by atoms with E-state index in [1.54, 1.807) is 23.6 Å². The van der Waals surface area contributed by atoms with Crippen molar-refractivity contribution in [1.82, 2.24) is 9.97 Å². The third kappa shape index (κ3) is 1.44. The zero-order valence-corrected chi connectivity index (χ0v) is 9.11. The van der Waals surface area contributed by atoms with Crippen molar-refractivity contribution in [2.75, 3.05) is 0 Å². The van der Waals surface area contributed by atoms with Crippen LogP contribution >= 0.6 is 11.3 Å². The summed E-state index contributed by atoms with van der Waals surface area (Å²) in [4.78, 5) is 8.33. The standard InChI is InChI=1S/C12H8N2OS/c15-10-7-13-6-5-8(10)12-14-9-3-1-2-4-11(9)16-12/h1-7,15H. The van der Waals surface area contributed by atoms with Crippen molar-refractivity contribution in [3.63, 3.8) is 0 Å². The maximum Gasteiger partial charge on any atom is 0.144 e. The molecule has 3 aromatic rings. The lowest BCUT2D eigenvalue weighted by molar-refractivity contribution is 0.474. The van der Waals surface area contributed by atoms with Gasteiger partial charge >= 0.3 is 0 Å². The molecule has 3 nitrogen and oxygen atoms in total. The van der Waals surface area contributed by atoms with Gasteiger partial charge in [0.2, 0.25) is 0 Å². The molecule has 78 valence electrons. The van der Waals surface area contributed by atoms with Crippen molar-refractivity contribution in [3.05, 3.63) is 42.7 Å². The van der Waals surface area contributed by atoms with Crippen molar-refractivity contribution in [1.29, 1.82) is 0 Å². The molecule has 0 saturated carbocycles. The summed E-state index contributed by atoms with van der Waals surface area (Å²) in [6.07, 6.45) is 3.09. The number of para-hydroxylation sites is 1. The highest BCUT2D eigenvalue weighted by Gasteiger charge is 2.09. The highest BCUT2D eigenvalue weighted by Crippen LogP contribution is 2.34. The summed E-state index contributed by atoms with van der Waals surface area (Å²) in [5.74, 6) is 0.168. The summed E-state index contributed by atoms with van der Waals surface area (Å²) in [5, 5.41) is 10.5. The number of hydrogen-bond donors (Lipinski definition) is 1. The van der Waals surface area contributed by atoms with Crippen LogP contribution in [0.3, 0.4) is 0 Å². The van der Waals surface area contributed by atoms with Crippen molar-refractivity contribution in [2.24, 2.45) is 0 Å². The van der Waals surface area contributed by atoms with E-state index in [0.29, 0.717) is 0 Å². The van der Waals surface area contributed by atoms with E-state index < -0.39 is 0 Å². The second-order valence-corrected chi connectivity index (χ2v) is 4.41. The van der Waals surface area contributed by atoms with Gasteiger partial charge in [-0.1, -0.05) is 12.1 Å². The third-order valence-corrected chi connectivity index (χ3v) is 3.39. The molecule has 1 aromatic carbocycles. The smallest absolute Gasteiger partial charge is 0.144 e. The Kier molecular flexibility index (Phi) is 2.08. The Bertz CT molecular complexity index is 615. The van der Waals surface area contributed by atoms with E-state index in [1.807, 2.05) is 24.3 Å². The van der Waals surface area contributed by atoms with E-state index in [-0.39, 0.29) is 5.75 Å². The molecule has 0 amide bonds. The number of fused-ring (bicyclic) bond motifs is 1. The first-order valence-corrected chi connectivity index (χ1v) is 5.65. The summed E-state index contributed by atoms with van der Waals surface area (Å²) >= 11 is 1.57. The van der Waals surface area contributed by atoms with Crippen LogP contribution in [0.2, 0.25) is 0 Å². The molecule has 0 fully saturated rings. The first-order valence-electron chi connectivity index (χ1n) is 4.83. The zero-order valence-electron chi connectivity index (χ0n) is 8.29. The monoisotopic (exact) mass is 228 g/mol. The molecule has 2 aromatic heterocycles. The average molecular weight is 228 g/mol. The number of thiazole rings is 1. The van der Waals surface area contributed by atoms with Crippen LogP contribution in [0.1, 0.15) is 0 Å². The molecule has 0 aliphatic rings. The van der Waals surface area contributed by atoms with Crippen LogP contribution in [0.25, 0.3) is 20.8 Å². The summed E-state index contributed by atoms with van der Waals surface area (Å²) in [7, 11) is 0. The van der Waals surface area contributed by atoms with E-state index in [1.165, 1.54) is 6.20 Å². The molecule has 0 atom stereocenters. The van der Waals surface area contributed by atoms with E-state index in [2.05, 4.69) is 9.97 Å². The molecule has 3 rings (SSSR count). The van der Waals surface area contributed by atoms with Gasteiger partial charge in [-0.15, -0.1) is 11.3 Å². The summed E-state index contributed by atoms with van der Waals surface area (Å²) < 4.78 is 1.12. The normalized spacial score (nSPS) is 10.8. The number of hydrogen-bond acceptors (Lipinski definition) is 4. The van der Waals surface area contributed by atoms with Gasteiger partial charge in [0.25, 0.3) is 0 Å². The molecule has 2 heterocycles. The molecular weight excluding hydrogens is 220 g/mol. The molecule has 0 spiro atoms. The van der Waals surface area contributed by atoms with E-state index in [0.717, 1.165) is 20.8 Å². The van der Waals surface area contributed by atoms with E-state index in [4.69, 9.17) is 0 Å². The van der Waals surface area contributed by atoms with Crippen LogP contribution in [-0.2, 0) is 0 Å². The first-order chi connectivity index (χ1) is 7.84. The number of rotatable bonds is 1. The fraction of sp³-hybridized carbons (Fsp3) is 0. The third-order valence-electron chi connectivity index (χ3n) is 2.32. The quantitative estimate of drug-likeness (QED) is 0.696. The number of pyridine rings is 1. The lowest BCUT2D eigenvalue weighted by atomic mass is 10.2. The Morgan fingerprint density at radius 3 is 2.81 bits per heavy atom.